The van der Waals surface area contributed by atoms with Gasteiger partial charge in [-0.25, -0.2) is 0 Å². The van der Waals surface area contributed by atoms with Crippen LogP contribution < -0.4 is 10.2 Å². The molecule has 1 saturated heterocycles. The molecule has 2 aromatic carbocycles. The Labute approximate surface area is 170 Å². The van der Waals surface area contributed by atoms with Gasteiger partial charge in [0.2, 0.25) is 0 Å². The van der Waals surface area contributed by atoms with E-state index in [1.807, 2.05) is 35.2 Å². The monoisotopic (exact) mass is 397 g/mol. The van der Waals surface area contributed by atoms with Gasteiger partial charge >= 0.3 is 0 Å². The van der Waals surface area contributed by atoms with Gasteiger partial charge in [0, 0.05) is 30.2 Å². The summed E-state index contributed by atoms with van der Waals surface area (Å²) in [5.74, 6) is -0.0929. The van der Waals surface area contributed by atoms with Crippen LogP contribution in [0.4, 0.5) is 5.69 Å². The molecule has 2 amide bonds. The molecule has 0 saturated carbocycles. The number of carbonyl (C=O) groups is 2. The average molecular weight is 398 g/mol. The Morgan fingerprint density at radius 1 is 1.21 bits per heavy atom. The third-order valence-electron chi connectivity index (χ3n) is 5.63. The molecule has 28 heavy (non-hydrogen) atoms. The predicted molar refractivity (Wildman–Crippen MR) is 111 cm³/mol. The number of benzene rings is 2. The van der Waals surface area contributed by atoms with Crippen LogP contribution in [0.5, 0.6) is 0 Å². The van der Waals surface area contributed by atoms with Gasteiger partial charge in [0.05, 0.1) is 11.3 Å². The van der Waals surface area contributed by atoms with E-state index in [9.17, 15) is 9.59 Å². The molecule has 0 unspecified atom stereocenters. The van der Waals surface area contributed by atoms with Crippen molar-refractivity contribution in [3.8, 4) is 0 Å². The van der Waals surface area contributed by atoms with E-state index in [4.69, 9.17) is 11.6 Å². The van der Waals surface area contributed by atoms with Gasteiger partial charge in [-0.05, 0) is 56.0 Å². The van der Waals surface area contributed by atoms with Crippen molar-refractivity contribution in [3.05, 3.63) is 64.2 Å². The van der Waals surface area contributed by atoms with Gasteiger partial charge in [-0.3, -0.25) is 9.59 Å². The van der Waals surface area contributed by atoms with Crippen molar-refractivity contribution in [2.45, 2.75) is 38.9 Å². The van der Waals surface area contributed by atoms with Crippen molar-refractivity contribution in [2.75, 3.05) is 18.0 Å². The maximum Gasteiger partial charge on any atom is 0.257 e. The summed E-state index contributed by atoms with van der Waals surface area (Å²) >= 11 is 6.17. The lowest BCUT2D eigenvalue weighted by atomic mass is 9.97. The molecule has 0 aliphatic carbocycles. The zero-order valence-electron chi connectivity index (χ0n) is 16.0. The molecule has 2 aromatic rings. The highest BCUT2D eigenvalue weighted by molar-refractivity contribution is 6.31. The first-order valence-electron chi connectivity index (χ1n) is 9.83. The second kappa shape index (κ2) is 7.84. The number of amides is 2. The number of carbonyl (C=O) groups excluding carboxylic acids is 2. The van der Waals surface area contributed by atoms with E-state index in [0.29, 0.717) is 22.7 Å². The van der Waals surface area contributed by atoms with Crippen molar-refractivity contribution in [3.63, 3.8) is 0 Å². The SMILES string of the molecule is CCN1c2cc(C(=O)NCc3ccccc3Cl)ccc2C(=O)N2CCCC[C@@H]21. The Hall–Kier alpha value is -2.53. The van der Waals surface area contributed by atoms with Crippen LogP contribution in [0.1, 0.15) is 52.5 Å². The minimum absolute atomic E-state index is 0.0763. The molecule has 6 heteroatoms. The first-order chi connectivity index (χ1) is 13.6. The van der Waals surface area contributed by atoms with E-state index in [2.05, 4.69) is 17.1 Å². The van der Waals surface area contributed by atoms with Crippen molar-refractivity contribution in [1.29, 1.82) is 0 Å². The molecule has 146 valence electrons. The maximum atomic E-state index is 12.9. The van der Waals surface area contributed by atoms with Gasteiger partial charge in [0.25, 0.3) is 11.8 Å². The molecular weight excluding hydrogens is 374 g/mol. The van der Waals surface area contributed by atoms with Gasteiger partial charge in [-0.15, -0.1) is 0 Å². The quantitative estimate of drug-likeness (QED) is 0.846. The summed E-state index contributed by atoms with van der Waals surface area (Å²) in [6.07, 6.45) is 3.25. The van der Waals surface area contributed by atoms with Crippen LogP contribution >= 0.6 is 11.6 Å². The van der Waals surface area contributed by atoms with Gasteiger partial charge in [0.15, 0.2) is 0 Å². The number of nitrogens with zero attached hydrogens (tertiary/aromatic N) is 2. The topological polar surface area (TPSA) is 52.7 Å². The molecule has 2 heterocycles. The highest BCUT2D eigenvalue weighted by atomic mass is 35.5. The molecule has 0 bridgehead atoms. The number of hydrogen-bond donors (Lipinski definition) is 1. The first-order valence-corrected chi connectivity index (χ1v) is 10.2. The van der Waals surface area contributed by atoms with E-state index in [1.165, 1.54) is 0 Å². The zero-order chi connectivity index (χ0) is 19.7. The molecule has 0 aromatic heterocycles. The third kappa shape index (κ3) is 3.35. The Bertz CT molecular complexity index is 914. The van der Waals surface area contributed by atoms with Crippen LogP contribution in [0.15, 0.2) is 42.5 Å². The van der Waals surface area contributed by atoms with E-state index >= 15 is 0 Å². The van der Waals surface area contributed by atoms with E-state index in [-0.39, 0.29) is 18.0 Å². The van der Waals surface area contributed by atoms with E-state index < -0.39 is 0 Å². The number of nitrogens with one attached hydrogen (secondary N) is 1. The van der Waals surface area contributed by atoms with Gasteiger partial charge in [0.1, 0.15) is 6.17 Å². The van der Waals surface area contributed by atoms with Crippen molar-refractivity contribution in [2.24, 2.45) is 0 Å². The number of fused-ring (bicyclic) bond motifs is 2. The second-order valence-electron chi connectivity index (χ2n) is 7.27. The van der Waals surface area contributed by atoms with Crippen molar-refractivity contribution >= 4 is 29.1 Å². The van der Waals surface area contributed by atoms with Gasteiger partial charge in [-0.2, -0.15) is 0 Å². The van der Waals surface area contributed by atoms with Crippen LogP contribution in [0.25, 0.3) is 0 Å². The Balaban J connectivity index is 1.58. The predicted octanol–water partition coefficient (Wildman–Crippen LogP) is 4.06. The van der Waals surface area contributed by atoms with Crippen LogP contribution in [0.2, 0.25) is 5.02 Å². The molecule has 0 spiro atoms. The molecule has 5 nitrogen and oxygen atoms in total. The van der Waals surface area contributed by atoms with Crippen molar-refractivity contribution in [1.82, 2.24) is 10.2 Å². The number of anilines is 1. The highest BCUT2D eigenvalue weighted by Crippen LogP contribution is 2.35. The van der Waals surface area contributed by atoms with E-state index in [1.54, 1.807) is 12.1 Å². The van der Waals surface area contributed by atoms with Crippen LogP contribution in [0, 0.1) is 0 Å². The summed E-state index contributed by atoms with van der Waals surface area (Å²) in [5.41, 5.74) is 2.98. The summed E-state index contributed by atoms with van der Waals surface area (Å²) in [4.78, 5) is 29.9. The van der Waals surface area contributed by atoms with Crippen LogP contribution in [-0.4, -0.2) is 36.0 Å². The minimum atomic E-state index is -0.169. The van der Waals surface area contributed by atoms with Crippen LogP contribution in [-0.2, 0) is 6.54 Å². The fourth-order valence-corrected chi connectivity index (χ4v) is 4.38. The fraction of sp³-hybridized carbons (Fsp3) is 0.364. The van der Waals surface area contributed by atoms with Crippen LogP contribution in [0.3, 0.4) is 0 Å². The maximum absolute atomic E-state index is 12.9. The summed E-state index contributed by atoms with van der Waals surface area (Å²) < 4.78 is 0. The zero-order valence-corrected chi connectivity index (χ0v) is 16.7. The Morgan fingerprint density at radius 2 is 2.04 bits per heavy atom. The first kappa shape index (κ1) is 18.8. The number of piperidine rings is 1. The standard InChI is InChI=1S/C22H24ClN3O2/c1-2-25-19-13-15(21(27)24-14-16-7-3-4-8-18(16)23)10-11-17(19)22(28)26-12-6-5-9-20(25)26/h3-4,7-8,10-11,13,20H,2,5-6,9,12,14H2,1H3,(H,24,27)/t20-/m1/s1. The summed E-state index contributed by atoms with van der Waals surface area (Å²) in [5, 5.41) is 3.56. The summed E-state index contributed by atoms with van der Waals surface area (Å²) in [6, 6.07) is 12.8. The number of halogens is 1. The smallest absolute Gasteiger partial charge is 0.257 e. The fourth-order valence-electron chi connectivity index (χ4n) is 4.18. The van der Waals surface area contributed by atoms with E-state index in [0.717, 1.165) is 43.6 Å². The largest absolute Gasteiger partial charge is 0.351 e. The third-order valence-corrected chi connectivity index (χ3v) is 6.00. The highest BCUT2D eigenvalue weighted by Gasteiger charge is 2.38. The molecule has 2 aliphatic rings. The average Bonchev–Trinajstić information content (AvgIpc) is 2.73. The van der Waals surface area contributed by atoms with Gasteiger partial charge < -0.3 is 15.1 Å². The molecule has 1 atom stereocenters. The molecular formula is C22H24ClN3O2. The summed E-state index contributed by atoms with van der Waals surface area (Å²) in [6.45, 7) is 4.06. The minimum Gasteiger partial charge on any atom is -0.351 e. The van der Waals surface area contributed by atoms with Gasteiger partial charge in [-0.1, -0.05) is 29.8 Å². The lowest BCUT2D eigenvalue weighted by Gasteiger charge is -2.47. The molecule has 2 aliphatic heterocycles. The lowest BCUT2D eigenvalue weighted by molar-refractivity contribution is 0.0582. The Morgan fingerprint density at radius 3 is 2.82 bits per heavy atom. The molecule has 0 radical (unpaired) electrons. The normalized spacial score (nSPS) is 18.5. The number of hydrogen-bond acceptors (Lipinski definition) is 3. The second-order valence-corrected chi connectivity index (χ2v) is 7.67. The molecule has 1 fully saturated rings. The lowest BCUT2D eigenvalue weighted by Crippen LogP contribution is -2.57. The van der Waals surface area contributed by atoms with Crippen molar-refractivity contribution < 1.29 is 9.59 Å². The molecule has 1 N–H and O–H groups in total. The Kier molecular flexibility index (Phi) is 5.27. The summed E-state index contributed by atoms with van der Waals surface area (Å²) in [7, 11) is 0. The molecule has 4 rings (SSSR count). The number of rotatable bonds is 4.